The Kier molecular flexibility index (Phi) is 8.44. The van der Waals surface area contributed by atoms with Crippen molar-refractivity contribution >= 4 is 5.97 Å². The number of aryl methyl sites for hydroxylation is 1. The highest BCUT2D eigenvalue weighted by atomic mass is 16.5. The van der Waals surface area contributed by atoms with E-state index in [1.807, 2.05) is 7.11 Å². The van der Waals surface area contributed by atoms with E-state index < -0.39 is 0 Å². The van der Waals surface area contributed by atoms with E-state index in [0.717, 1.165) is 62.7 Å². The van der Waals surface area contributed by atoms with E-state index in [0.29, 0.717) is 30.7 Å². The number of hydrogen-bond acceptors (Lipinski definition) is 4. The SMILES string of the molecule is C=CC(=O)OCc1cc(C)cc(C2CCC(c3ccccc3OC3CCC(OC)CC3)CC2)c1. The first-order valence-corrected chi connectivity index (χ1v) is 12.7. The van der Waals surface area contributed by atoms with Crippen LogP contribution in [0.4, 0.5) is 0 Å². The number of benzene rings is 2. The van der Waals surface area contributed by atoms with Crippen LogP contribution < -0.4 is 4.74 Å². The zero-order chi connectivity index (χ0) is 23.9. The number of esters is 1. The Hall–Kier alpha value is -2.59. The van der Waals surface area contributed by atoms with Gasteiger partial charge in [-0.2, -0.15) is 0 Å². The average Bonchev–Trinajstić information content (AvgIpc) is 2.88. The maximum absolute atomic E-state index is 11.5. The number of carbonyl (C=O) groups is 1. The Morgan fingerprint density at radius 3 is 2.32 bits per heavy atom. The standard InChI is InChI=1S/C30H38O4/c1-4-30(31)33-20-22-17-21(2)18-25(19-22)23-9-11-24(12-10-23)28-7-5-6-8-29(28)34-27-15-13-26(32-3)14-16-27/h4-8,17-19,23-24,26-27H,1,9-16,20H2,2-3H3. The fourth-order valence-electron chi connectivity index (χ4n) is 5.66. The van der Waals surface area contributed by atoms with Crippen molar-refractivity contribution in [3.8, 4) is 5.75 Å². The quantitative estimate of drug-likeness (QED) is 0.313. The second-order valence-corrected chi connectivity index (χ2v) is 9.90. The molecule has 2 aromatic rings. The molecule has 0 saturated heterocycles. The molecule has 2 aliphatic rings. The Bertz CT molecular complexity index is 966. The molecule has 4 rings (SSSR count). The molecular weight excluding hydrogens is 424 g/mol. The summed E-state index contributed by atoms with van der Waals surface area (Å²) in [5, 5.41) is 0. The summed E-state index contributed by atoms with van der Waals surface area (Å²) >= 11 is 0. The van der Waals surface area contributed by atoms with Gasteiger partial charge in [-0.1, -0.05) is 48.5 Å². The summed E-state index contributed by atoms with van der Waals surface area (Å²) in [6.45, 7) is 5.88. The number of methoxy groups -OCH3 is 1. The molecule has 2 aliphatic carbocycles. The predicted molar refractivity (Wildman–Crippen MR) is 135 cm³/mol. The lowest BCUT2D eigenvalue weighted by atomic mass is 9.75. The van der Waals surface area contributed by atoms with Crippen LogP contribution in [-0.2, 0) is 20.9 Å². The van der Waals surface area contributed by atoms with Crippen molar-refractivity contribution < 1.29 is 19.0 Å². The Labute approximate surface area is 204 Å². The van der Waals surface area contributed by atoms with Crippen LogP contribution in [0.25, 0.3) is 0 Å². The minimum absolute atomic E-state index is 0.296. The molecule has 0 heterocycles. The van der Waals surface area contributed by atoms with Gasteiger partial charge in [0.05, 0.1) is 12.2 Å². The van der Waals surface area contributed by atoms with E-state index in [2.05, 4.69) is 56.0 Å². The van der Waals surface area contributed by atoms with Gasteiger partial charge in [0.2, 0.25) is 0 Å². The van der Waals surface area contributed by atoms with Gasteiger partial charge in [0, 0.05) is 13.2 Å². The summed E-state index contributed by atoms with van der Waals surface area (Å²) in [5.41, 5.74) is 5.00. The molecular formula is C30H38O4. The summed E-state index contributed by atoms with van der Waals surface area (Å²) in [7, 11) is 1.81. The van der Waals surface area contributed by atoms with Gasteiger partial charge in [-0.15, -0.1) is 0 Å². The van der Waals surface area contributed by atoms with Gasteiger partial charge in [0.25, 0.3) is 0 Å². The van der Waals surface area contributed by atoms with Gasteiger partial charge < -0.3 is 14.2 Å². The van der Waals surface area contributed by atoms with Crippen LogP contribution in [0.3, 0.4) is 0 Å². The van der Waals surface area contributed by atoms with E-state index in [4.69, 9.17) is 14.2 Å². The molecule has 0 radical (unpaired) electrons. The summed E-state index contributed by atoms with van der Waals surface area (Å²) in [6.07, 6.45) is 10.8. The van der Waals surface area contributed by atoms with E-state index in [-0.39, 0.29) is 5.97 Å². The number of hydrogen-bond donors (Lipinski definition) is 0. The van der Waals surface area contributed by atoms with Gasteiger partial charge >= 0.3 is 5.97 Å². The van der Waals surface area contributed by atoms with Crippen LogP contribution in [0.15, 0.2) is 55.1 Å². The summed E-state index contributed by atoms with van der Waals surface area (Å²) in [4.78, 5) is 11.5. The number of rotatable bonds is 8. The van der Waals surface area contributed by atoms with Crippen LogP contribution in [0.2, 0.25) is 0 Å². The largest absolute Gasteiger partial charge is 0.490 e. The molecule has 0 N–H and O–H groups in total. The Balaban J connectivity index is 1.38. The minimum Gasteiger partial charge on any atom is -0.490 e. The molecule has 0 aliphatic heterocycles. The molecule has 2 aromatic carbocycles. The summed E-state index contributed by atoms with van der Waals surface area (Å²) in [5.74, 6) is 1.79. The highest BCUT2D eigenvalue weighted by molar-refractivity contribution is 5.81. The van der Waals surface area contributed by atoms with Gasteiger partial charge in [-0.05, 0) is 92.9 Å². The minimum atomic E-state index is -0.379. The van der Waals surface area contributed by atoms with Crippen LogP contribution in [0, 0.1) is 6.92 Å². The molecule has 182 valence electrons. The topological polar surface area (TPSA) is 44.8 Å². The van der Waals surface area contributed by atoms with Crippen LogP contribution in [0.1, 0.15) is 85.5 Å². The Morgan fingerprint density at radius 1 is 0.941 bits per heavy atom. The molecule has 0 unspecified atom stereocenters. The number of para-hydroxylation sites is 1. The number of carbonyl (C=O) groups excluding carboxylic acids is 1. The second kappa shape index (κ2) is 11.7. The first kappa shape index (κ1) is 24.5. The van der Waals surface area contributed by atoms with Crippen molar-refractivity contribution in [2.45, 2.75) is 88.9 Å². The smallest absolute Gasteiger partial charge is 0.330 e. The van der Waals surface area contributed by atoms with Crippen LogP contribution in [0.5, 0.6) is 5.75 Å². The molecule has 0 atom stereocenters. The molecule has 0 spiro atoms. The molecule has 0 amide bonds. The lowest BCUT2D eigenvalue weighted by Crippen LogP contribution is -2.28. The zero-order valence-electron chi connectivity index (χ0n) is 20.6. The fraction of sp³-hybridized carbons (Fsp3) is 0.500. The predicted octanol–water partition coefficient (Wildman–Crippen LogP) is 7.00. The van der Waals surface area contributed by atoms with Gasteiger partial charge in [0.1, 0.15) is 12.4 Å². The lowest BCUT2D eigenvalue weighted by Gasteiger charge is -2.32. The average molecular weight is 463 g/mol. The van der Waals surface area contributed by atoms with Crippen molar-refractivity contribution in [2.24, 2.45) is 0 Å². The first-order valence-electron chi connectivity index (χ1n) is 12.7. The van der Waals surface area contributed by atoms with Gasteiger partial charge in [0.15, 0.2) is 0 Å². The fourth-order valence-corrected chi connectivity index (χ4v) is 5.66. The third kappa shape index (κ3) is 6.29. The normalized spacial score (nSPS) is 24.9. The van der Waals surface area contributed by atoms with Crippen molar-refractivity contribution in [3.05, 3.63) is 77.4 Å². The first-order chi connectivity index (χ1) is 16.6. The third-order valence-corrected chi connectivity index (χ3v) is 7.51. The molecule has 0 bridgehead atoms. The van der Waals surface area contributed by atoms with Gasteiger partial charge in [-0.25, -0.2) is 4.79 Å². The maximum atomic E-state index is 11.5. The molecule has 2 saturated carbocycles. The summed E-state index contributed by atoms with van der Waals surface area (Å²) in [6, 6.07) is 15.3. The van der Waals surface area contributed by atoms with E-state index in [9.17, 15) is 4.79 Å². The maximum Gasteiger partial charge on any atom is 0.330 e. The van der Waals surface area contributed by atoms with Crippen molar-refractivity contribution in [2.75, 3.05) is 7.11 Å². The molecule has 4 heteroatoms. The summed E-state index contributed by atoms with van der Waals surface area (Å²) < 4.78 is 17.3. The van der Waals surface area contributed by atoms with Crippen molar-refractivity contribution in [3.63, 3.8) is 0 Å². The monoisotopic (exact) mass is 462 g/mol. The van der Waals surface area contributed by atoms with Gasteiger partial charge in [-0.3, -0.25) is 0 Å². The highest BCUT2D eigenvalue weighted by Gasteiger charge is 2.27. The molecule has 2 fully saturated rings. The number of ether oxygens (including phenoxy) is 3. The van der Waals surface area contributed by atoms with E-state index in [1.54, 1.807) is 0 Å². The molecule has 0 aromatic heterocycles. The zero-order valence-corrected chi connectivity index (χ0v) is 20.6. The Morgan fingerprint density at radius 2 is 1.62 bits per heavy atom. The molecule has 4 nitrogen and oxygen atoms in total. The second-order valence-electron chi connectivity index (χ2n) is 9.90. The van der Waals surface area contributed by atoms with E-state index >= 15 is 0 Å². The van der Waals surface area contributed by atoms with E-state index in [1.165, 1.54) is 22.8 Å². The third-order valence-electron chi connectivity index (χ3n) is 7.51. The van der Waals surface area contributed by atoms with Crippen molar-refractivity contribution in [1.29, 1.82) is 0 Å². The molecule has 34 heavy (non-hydrogen) atoms. The van der Waals surface area contributed by atoms with Crippen LogP contribution >= 0.6 is 0 Å². The van der Waals surface area contributed by atoms with Crippen LogP contribution in [-0.4, -0.2) is 25.3 Å². The highest BCUT2D eigenvalue weighted by Crippen LogP contribution is 2.43. The van der Waals surface area contributed by atoms with Crippen molar-refractivity contribution in [1.82, 2.24) is 0 Å². The lowest BCUT2D eigenvalue weighted by molar-refractivity contribution is -0.138.